The zero-order valence-corrected chi connectivity index (χ0v) is 14.0. The Balaban J connectivity index is 1.87. The summed E-state index contributed by atoms with van der Waals surface area (Å²) in [4.78, 5) is 16.7. The second kappa shape index (κ2) is 5.70. The van der Waals surface area contributed by atoms with Crippen LogP contribution in [0.3, 0.4) is 0 Å². The molecular formula is C15H15ClN4OS. The van der Waals surface area contributed by atoms with Gasteiger partial charge in [-0.15, -0.1) is 0 Å². The minimum atomic E-state index is -0.271. The van der Waals surface area contributed by atoms with Gasteiger partial charge in [0.25, 0.3) is 5.91 Å². The molecule has 114 valence electrons. The Labute approximate surface area is 136 Å². The number of fused-ring (bicyclic) bond motifs is 1. The molecule has 5 nitrogen and oxygen atoms in total. The monoisotopic (exact) mass is 334 g/mol. The molecule has 3 aromatic rings. The van der Waals surface area contributed by atoms with Crippen LogP contribution in [-0.2, 0) is 0 Å². The van der Waals surface area contributed by atoms with Gasteiger partial charge >= 0.3 is 0 Å². The summed E-state index contributed by atoms with van der Waals surface area (Å²) in [5.74, 6) is -0.271. The molecule has 22 heavy (non-hydrogen) atoms. The Morgan fingerprint density at radius 3 is 2.77 bits per heavy atom. The minimum absolute atomic E-state index is 0.213. The van der Waals surface area contributed by atoms with Crippen molar-refractivity contribution >= 4 is 44.2 Å². The van der Waals surface area contributed by atoms with E-state index >= 15 is 0 Å². The Kier molecular flexibility index (Phi) is 3.88. The molecule has 0 aliphatic rings. The first kappa shape index (κ1) is 15.0. The molecule has 1 N–H and O–H groups in total. The molecule has 7 heteroatoms. The Morgan fingerprint density at radius 1 is 1.36 bits per heavy atom. The van der Waals surface area contributed by atoms with E-state index in [4.69, 9.17) is 11.6 Å². The molecule has 0 radical (unpaired) electrons. The predicted molar refractivity (Wildman–Crippen MR) is 89.9 cm³/mol. The molecule has 0 aliphatic heterocycles. The van der Waals surface area contributed by atoms with Crippen molar-refractivity contribution in [3.05, 3.63) is 40.7 Å². The van der Waals surface area contributed by atoms with Crippen molar-refractivity contribution in [3.8, 4) is 0 Å². The van der Waals surface area contributed by atoms with Gasteiger partial charge in [0.2, 0.25) is 0 Å². The molecular weight excluding hydrogens is 320 g/mol. The smallest absolute Gasteiger partial charge is 0.277 e. The summed E-state index contributed by atoms with van der Waals surface area (Å²) in [5.41, 5.74) is 2.22. The lowest BCUT2D eigenvalue weighted by molar-refractivity contribution is 0.102. The highest BCUT2D eigenvalue weighted by atomic mass is 35.5. The molecule has 2 aromatic heterocycles. The van der Waals surface area contributed by atoms with Gasteiger partial charge in [-0.2, -0.15) is 5.10 Å². The van der Waals surface area contributed by atoms with Gasteiger partial charge in [0.1, 0.15) is 0 Å². The molecule has 1 aromatic carbocycles. The number of benzene rings is 1. The molecule has 1 amide bonds. The number of rotatable bonds is 3. The molecule has 0 fully saturated rings. The summed E-state index contributed by atoms with van der Waals surface area (Å²) in [6, 6.07) is 5.67. The first-order chi connectivity index (χ1) is 10.5. The summed E-state index contributed by atoms with van der Waals surface area (Å²) < 4.78 is 2.62. The summed E-state index contributed by atoms with van der Waals surface area (Å²) >= 11 is 7.54. The number of aryl methyl sites for hydroxylation is 1. The molecule has 0 bridgehead atoms. The average Bonchev–Trinajstić information content (AvgIpc) is 3.10. The number of anilines is 1. The van der Waals surface area contributed by atoms with Crippen molar-refractivity contribution in [1.82, 2.24) is 14.8 Å². The quantitative estimate of drug-likeness (QED) is 0.777. The van der Waals surface area contributed by atoms with Gasteiger partial charge in [-0.05, 0) is 38.5 Å². The Morgan fingerprint density at radius 2 is 2.14 bits per heavy atom. The number of carbonyl (C=O) groups is 1. The summed E-state index contributed by atoms with van der Waals surface area (Å²) in [6.07, 6.45) is 1.79. The number of thiazole rings is 1. The maximum atomic E-state index is 12.2. The molecule has 3 rings (SSSR count). The van der Waals surface area contributed by atoms with Crippen LogP contribution in [0.25, 0.3) is 10.2 Å². The van der Waals surface area contributed by atoms with E-state index in [1.807, 2.05) is 32.9 Å². The van der Waals surface area contributed by atoms with Gasteiger partial charge in [0, 0.05) is 12.2 Å². The van der Waals surface area contributed by atoms with E-state index in [9.17, 15) is 4.79 Å². The summed E-state index contributed by atoms with van der Waals surface area (Å²) in [6.45, 7) is 5.98. The molecule has 0 unspecified atom stereocenters. The third-order valence-corrected chi connectivity index (χ3v) is 4.72. The van der Waals surface area contributed by atoms with Gasteiger partial charge in [-0.25, -0.2) is 4.98 Å². The fourth-order valence-electron chi connectivity index (χ4n) is 2.06. The molecule has 0 saturated carbocycles. The van der Waals surface area contributed by atoms with Crippen LogP contribution in [-0.4, -0.2) is 20.7 Å². The highest BCUT2D eigenvalue weighted by molar-refractivity contribution is 7.23. The van der Waals surface area contributed by atoms with Crippen molar-refractivity contribution in [2.24, 2.45) is 0 Å². The van der Waals surface area contributed by atoms with Crippen molar-refractivity contribution in [3.63, 3.8) is 0 Å². The zero-order chi connectivity index (χ0) is 15.9. The van der Waals surface area contributed by atoms with Crippen LogP contribution in [0.1, 0.15) is 35.9 Å². The van der Waals surface area contributed by atoms with E-state index in [1.165, 1.54) is 11.3 Å². The highest BCUT2D eigenvalue weighted by Crippen LogP contribution is 2.33. The maximum absolute atomic E-state index is 12.2. The summed E-state index contributed by atoms with van der Waals surface area (Å²) in [7, 11) is 0. The van der Waals surface area contributed by atoms with E-state index in [0.29, 0.717) is 15.8 Å². The molecule has 0 atom stereocenters. The Bertz CT molecular complexity index is 813. The number of aromatic nitrogens is 3. The van der Waals surface area contributed by atoms with Crippen molar-refractivity contribution in [2.75, 3.05) is 5.32 Å². The predicted octanol–water partition coefficient (Wildman–Crippen LogP) is 4.29. The normalized spacial score (nSPS) is 11.3. The minimum Gasteiger partial charge on any atom is -0.296 e. The van der Waals surface area contributed by atoms with Crippen LogP contribution < -0.4 is 5.32 Å². The Hall–Kier alpha value is -1.92. The van der Waals surface area contributed by atoms with E-state index in [1.54, 1.807) is 16.9 Å². The van der Waals surface area contributed by atoms with E-state index < -0.39 is 0 Å². The number of hydrogen-bond acceptors (Lipinski definition) is 4. The fourth-order valence-corrected chi connectivity index (χ4v) is 3.27. The van der Waals surface area contributed by atoms with Crippen LogP contribution in [0.5, 0.6) is 0 Å². The number of nitrogens with zero attached hydrogens (tertiary/aromatic N) is 3. The van der Waals surface area contributed by atoms with Crippen LogP contribution >= 0.6 is 22.9 Å². The van der Waals surface area contributed by atoms with Crippen LogP contribution in [0.15, 0.2) is 24.4 Å². The standard InChI is InChI=1S/C15H15ClN4OS/c1-8(2)20-7-6-11(19-20)14(21)18-15-17-12-9(3)4-5-10(16)13(12)22-15/h4-8H,1-3H3,(H,17,18,21). The second-order valence-corrected chi connectivity index (χ2v) is 6.70. The number of carbonyl (C=O) groups excluding carboxylic acids is 1. The van der Waals surface area contributed by atoms with Gasteiger partial charge < -0.3 is 0 Å². The van der Waals surface area contributed by atoms with E-state index in [2.05, 4.69) is 15.4 Å². The van der Waals surface area contributed by atoms with Gasteiger partial charge in [-0.1, -0.05) is 29.0 Å². The largest absolute Gasteiger partial charge is 0.296 e. The van der Waals surface area contributed by atoms with Gasteiger partial charge in [0.05, 0.1) is 15.2 Å². The molecule has 0 saturated heterocycles. The van der Waals surface area contributed by atoms with Gasteiger partial charge in [-0.3, -0.25) is 14.8 Å². The average molecular weight is 335 g/mol. The first-order valence-electron chi connectivity index (χ1n) is 6.88. The third kappa shape index (κ3) is 2.71. The van der Waals surface area contributed by atoms with Gasteiger partial charge in [0.15, 0.2) is 10.8 Å². The first-order valence-corrected chi connectivity index (χ1v) is 8.07. The number of hydrogen-bond donors (Lipinski definition) is 1. The van der Waals surface area contributed by atoms with Crippen LogP contribution in [0, 0.1) is 6.92 Å². The summed E-state index contributed by atoms with van der Waals surface area (Å²) in [5, 5.41) is 8.20. The number of halogens is 1. The SMILES string of the molecule is Cc1ccc(Cl)c2sc(NC(=O)c3ccn(C(C)C)n3)nc12. The maximum Gasteiger partial charge on any atom is 0.277 e. The molecule has 2 heterocycles. The lowest BCUT2D eigenvalue weighted by atomic mass is 10.2. The molecule has 0 aliphatic carbocycles. The third-order valence-electron chi connectivity index (χ3n) is 3.29. The van der Waals surface area contributed by atoms with E-state index in [0.717, 1.165) is 15.8 Å². The molecule has 0 spiro atoms. The lowest BCUT2D eigenvalue weighted by Crippen LogP contribution is -2.13. The van der Waals surface area contributed by atoms with Crippen LogP contribution in [0.2, 0.25) is 5.02 Å². The highest BCUT2D eigenvalue weighted by Gasteiger charge is 2.15. The van der Waals surface area contributed by atoms with Crippen molar-refractivity contribution < 1.29 is 4.79 Å². The van der Waals surface area contributed by atoms with Crippen LogP contribution in [0.4, 0.5) is 5.13 Å². The fraction of sp³-hybridized carbons (Fsp3) is 0.267. The topological polar surface area (TPSA) is 59.8 Å². The van der Waals surface area contributed by atoms with Crippen molar-refractivity contribution in [2.45, 2.75) is 26.8 Å². The number of nitrogens with one attached hydrogen (secondary N) is 1. The van der Waals surface area contributed by atoms with Crippen molar-refractivity contribution in [1.29, 1.82) is 0 Å². The second-order valence-electron chi connectivity index (χ2n) is 5.29. The van der Waals surface area contributed by atoms with E-state index in [-0.39, 0.29) is 11.9 Å². The lowest BCUT2D eigenvalue weighted by Gasteiger charge is -2.03. The zero-order valence-electron chi connectivity index (χ0n) is 12.4. The number of amides is 1.